The Morgan fingerprint density at radius 3 is 1.25 bits per heavy atom. The van der Waals surface area contributed by atoms with Crippen LogP contribution in [-0.2, 0) is 56.9 Å². The third-order valence-electron chi connectivity index (χ3n) is 29.2. The van der Waals surface area contributed by atoms with Gasteiger partial charge >= 0.3 is 0 Å². The molecule has 125 heavy (non-hydrogen) atoms. The van der Waals surface area contributed by atoms with Gasteiger partial charge in [0.1, 0.15) is 23.2 Å². The number of hydrogen-bond donors (Lipinski definition) is 0. The molecule has 9 atom stereocenters. The first kappa shape index (κ1) is 82.3. The molecule has 0 radical (unpaired) electrons. The van der Waals surface area contributed by atoms with Crippen LogP contribution in [0.1, 0.15) is 205 Å². The van der Waals surface area contributed by atoms with E-state index in [9.17, 15) is 9.59 Å². The predicted molar refractivity (Wildman–Crippen MR) is 485 cm³/mol. The van der Waals surface area contributed by atoms with Gasteiger partial charge in [-0.05, 0) is 224 Å². The van der Waals surface area contributed by atoms with Crippen LogP contribution in [-0.4, -0.2) is 75.7 Å². The second-order valence-corrected chi connectivity index (χ2v) is 37.6. The number of pyridine rings is 3. The molecule has 0 bridgehead atoms. The molecule has 0 unspecified atom stereocenters. The summed E-state index contributed by atoms with van der Waals surface area (Å²) < 4.78 is 51.9. The second-order valence-electron chi connectivity index (χ2n) is 37.6. The number of hydrogen-bond acceptors (Lipinski definition) is 15. The van der Waals surface area contributed by atoms with Crippen LogP contribution in [0.3, 0.4) is 0 Å². The Balaban J connectivity index is 0.000000123. The Kier molecular flexibility index (Phi) is 21.5. The van der Waals surface area contributed by atoms with Gasteiger partial charge in [-0.3, -0.25) is 24.5 Å². The normalized spacial score (nSPS) is 25.0. The number of rotatable bonds is 17. The number of carbonyl (C=O) groups excluding carboxylic acids is 2. The Labute approximate surface area is 730 Å². The maximum Gasteiger partial charge on any atom is 0.166 e. The largest absolute Gasteiger partial charge is 0.361 e. The maximum absolute atomic E-state index is 15.5. The zero-order valence-corrected chi connectivity index (χ0v) is 72.5. The van der Waals surface area contributed by atoms with Gasteiger partial charge in [0.2, 0.25) is 0 Å². The van der Waals surface area contributed by atoms with Crippen molar-refractivity contribution >= 4 is 22.9 Å². The average Bonchev–Trinajstić information content (AvgIpc) is 1.64. The zero-order valence-electron chi connectivity index (χ0n) is 72.5. The highest BCUT2D eigenvalue weighted by Gasteiger charge is 2.60. The molecule has 7 aromatic heterocycles. The molecule has 5 fully saturated rings. The summed E-state index contributed by atoms with van der Waals surface area (Å²) >= 11 is 0. The van der Waals surface area contributed by atoms with Crippen LogP contribution >= 0.6 is 0 Å². The Morgan fingerprint density at radius 2 is 0.824 bits per heavy atom. The van der Waals surface area contributed by atoms with Gasteiger partial charge in [0.05, 0.1) is 40.4 Å². The van der Waals surface area contributed by atoms with E-state index in [4.69, 9.17) is 34.4 Å². The molecule has 9 aliphatic carbocycles. The molecule has 21 rings (SSSR count). The number of ketones is 2. The van der Waals surface area contributed by atoms with E-state index < -0.39 is 16.2 Å². The average molecular weight is 1660 g/mol. The smallest absolute Gasteiger partial charge is 0.166 e. The summed E-state index contributed by atoms with van der Waals surface area (Å²) in [6, 6.07) is 53.0. The molecule has 12 aromatic rings. The van der Waals surface area contributed by atoms with E-state index in [0.29, 0.717) is 101 Å². The van der Waals surface area contributed by atoms with Crippen LogP contribution in [0.4, 0.5) is 24.5 Å². The van der Waals surface area contributed by atoms with Crippen molar-refractivity contribution in [2.45, 2.75) is 190 Å². The fraction of sp³-hybridized carbons (Fsp3) is 0.346. The summed E-state index contributed by atoms with van der Waals surface area (Å²) in [5.74, 6) is 4.06. The van der Waals surface area contributed by atoms with E-state index in [0.717, 1.165) is 166 Å². The van der Waals surface area contributed by atoms with Crippen molar-refractivity contribution in [3.05, 3.63) is 323 Å². The third kappa shape index (κ3) is 15.0. The first-order valence-corrected chi connectivity index (χ1v) is 44.6. The monoisotopic (exact) mass is 1660 g/mol. The van der Waals surface area contributed by atoms with Crippen molar-refractivity contribution in [3.8, 4) is 67.9 Å². The highest BCUT2D eigenvalue weighted by atomic mass is 19.1. The molecule has 5 aromatic carbocycles. The van der Waals surface area contributed by atoms with Gasteiger partial charge in [0.25, 0.3) is 0 Å². The molecule has 0 aliphatic heterocycles. The number of carbonyl (C=O) groups is 2. The van der Waals surface area contributed by atoms with Gasteiger partial charge in [-0.15, -0.1) is 13.2 Å². The zero-order chi connectivity index (χ0) is 86.4. The summed E-state index contributed by atoms with van der Waals surface area (Å²) in [5, 5.41) is 4.20. The highest BCUT2D eigenvalue weighted by Crippen LogP contribution is 2.62. The van der Waals surface area contributed by atoms with Gasteiger partial charge in [-0.2, -0.15) is 0 Å². The topological polar surface area (TPSA) is 183 Å². The van der Waals surface area contributed by atoms with E-state index in [1.807, 2.05) is 188 Å². The molecule has 18 heteroatoms. The van der Waals surface area contributed by atoms with Crippen molar-refractivity contribution in [1.82, 2.24) is 50.0 Å². The summed E-state index contributed by atoms with van der Waals surface area (Å²) in [7, 11) is 3.97. The van der Waals surface area contributed by atoms with Crippen molar-refractivity contribution in [1.29, 1.82) is 0 Å². The number of nitrogens with zero attached hydrogens (tertiary/aromatic N) is 12. The number of benzene rings is 5. The molecule has 5 saturated carbocycles. The van der Waals surface area contributed by atoms with Crippen LogP contribution in [0, 0.1) is 46.5 Å². The number of allylic oxidation sites excluding steroid dienone is 4. The molecule has 0 amide bonds. The standard InChI is InChI=1S/C39H39FN4O.C36H35FN4O.C32H31FN4O/c1-5-20-38(2)33-18-17-30-34(29-13-9-10-14-31(29)40)42-37(26-19-21-41-32(22-26)25-15-16-25)43-35(30)39(33,3)23-27(36(38)45)24-44(4)28-11-7-6-8-12-28;1-22-29-16-15-28-32(27-11-7-8-12-30(27)37)39-35(24-17-18-38-31(19-24)23-13-14-23)40-34(28)36(29,2)20-25(33(22)42)21-41(3)26-9-5-4-6-10-26;1-4-14-31(2)26-12-11-23-27(22-7-5-6-8-24(22)33)36-30(20-13-15-34-25(16-20)19-9-10-19)37-28(23)32(26,3)17-21-18-35-38-29(21)31/h5-14,19,21-22,24-25,33H,1,15-18,20,23H2,2-4H3;4-12,17-19,21-23,29H,13-16,20H2,1-3H3;4-8,13,15-16,18-19,26H,1,9-12,14,17H2,2-3H3/b27-24-;25-21-;/t33-,38-,39-;22-,29-,36-;26-,31-,32-/m111/s1. The maximum atomic E-state index is 15.5. The highest BCUT2D eigenvalue weighted by molar-refractivity contribution is 6.02. The van der Waals surface area contributed by atoms with Gasteiger partial charge in [-0.1, -0.05) is 132 Å². The SMILES string of the molecule is C=CC[C@@]1(C)C(=O)/C(=C\N(C)c2ccccc2)C[C@@]2(C)c3nc(-c4ccnc(C5CC5)c4)nc(-c4ccccc4F)c3CC[C@H]12.C=CC[C@@]1(C)c2oncc2C[C@@]2(C)c3nc(-c4ccnc(C5CC5)c4)nc(-c4ccccc4F)c3CC[C@@H]21.C[C@H]1C(=O)/C(=C\N(C)c2ccccc2)C[C@@]2(C)c3nc(-c4ccnc(C5CC5)c4)nc(-c4ccccc4F)c3CC[C@H]12. The van der Waals surface area contributed by atoms with Crippen molar-refractivity contribution < 1.29 is 27.3 Å². The van der Waals surface area contributed by atoms with Crippen LogP contribution in [0.2, 0.25) is 0 Å². The summed E-state index contributed by atoms with van der Waals surface area (Å²) in [4.78, 5) is 77.2. The number of fused-ring (bicyclic) bond motifs is 10. The number of Topliss-reactive ketones (excluding diaryl/α,β-unsaturated/α-hetero) is 2. The lowest BCUT2D eigenvalue weighted by Gasteiger charge is -2.54. The molecular formula is C107H105F3N12O3. The van der Waals surface area contributed by atoms with Gasteiger partial charge in [0, 0.05) is 191 Å². The third-order valence-corrected chi connectivity index (χ3v) is 29.2. The fourth-order valence-corrected chi connectivity index (χ4v) is 22.6. The minimum Gasteiger partial charge on any atom is -0.361 e. The first-order chi connectivity index (χ1) is 60.5. The van der Waals surface area contributed by atoms with Crippen LogP contribution < -0.4 is 9.80 Å². The van der Waals surface area contributed by atoms with E-state index in [2.05, 4.69) is 93.0 Å². The minimum atomic E-state index is -0.658. The van der Waals surface area contributed by atoms with Crippen molar-refractivity contribution in [3.63, 3.8) is 0 Å². The van der Waals surface area contributed by atoms with Crippen LogP contribution in [0.5, 0.6) is 0 Å². The molecule has 0 spiro atoms. The number of anilines is 2. The number of aromatic nitrogens is 10. The van der Waals surface area contributed by atoms with E-state index in [1.165, 1.54) is 31.0 Å². The van der Waals surface area contributed by atoms with Crippen molar-refractivity contribution in [2.24, 2.45) is 29.1 Å². The van der Waals surface area contributed by atoms with Gasteiger partial charge in [-0.25, -0.2) is 43.1 Å². The Morgan fingerprint density at radius 1 is 0.448 bits per heavy atom. The van der Waals surface area contributed by atoms with Crippen LogP contribution in [0.15, 0.2) is 248 Å². The van der Waals surface area contributed by atoms with Gasteiger partial charge in [0.15, 0.2) is 29.0 Å². The quantitative estimate of drug-likeness (QED) is 0.0619. The number of para-hydroxylation sites is 2. The Hall–Kier alpha value is -12.3. The predicted octanol–water partition coefficient (Wildman–Crippen LogP) is 23.4. The summed E-state index contributed by atoms with van der Waals surface area (Å²) in [6.07, 6.45) is 30.1. The molecule has 632 valence electrons. The van der Waals surface area contributed by atoms with Crippen molar-refractivity contribution in [2.75, 3.05) is 23.9 Å². The molecule has 15 nitrogen and oxygen atoms in total. The lowest BCUT2D eigenvalue weighted by atomic mass is 9.48. The molecule has 9 aliphatic rings. The number of halogens is 3. The fourth-order valence-electron chi connectivity index (χ4n) is 22.6. The van der Waals surface area contributed by atoms with E-state index >= 15 is 13.2 Å². The molecule has 7 heterocycles. The lowest BCUT2D eigenvalue weighted by Crippen LogP contribution is -2.55. The Bertz CT molecular complexity index is 6310. The van der Waals surface area contributed by atoms with E-state index in [-0.39, 0.29) is 63.5 Å². The molecule has 0 saturated heterocycles. The first-order valence-electron chi connectivity index (χ1n) is 44.6. The second kappa shape index (κ2) is 32.7. The molecular weight excluding hydrogens is 1560 g/mol. The minimum absolute atomic E-state index is 0.0258. The summed E-state index contributed by atoms with van der Waals surface area (Å²) in [5.41, 5.74) is 18.0. The molecule has 0 N–H and O–H groups in total. The van der Waals surface area contributed by atoms with Crippen LogP contribution in [0.25, 0.3) is 67.9 Å². The lowest BCUT2D eigenvalue weighted by molar-refractivity contribution is -0.132. The van der Waals surface area contributed by atoms with E-state index in [1.54, 1.807) is 18.2 Å². The summed E-state index contributed by atoms with van der Waals surface area (Å²) in [6.45, 7) is 21.4. The van der Waals surface area contributed by atoms with Gasteiger partial charge < -0.3 is 14.3 Å².